The predicted molar refractivity (Wildman–Crippen MR) is 287 cm³/mol. The molecule has 0 atom stereocenters. The van der Waals surface area contributed by atoms with Gasteiger partial charge in [0.15, 0.2) is 21.8 Å². The van der Waals surface area contributed by atoms with Crippen molar-refractivity contribution in [3.63, 3.8) is 0 Å². The van der Waals surface area contributed by atoms with Gasteiger partial charge in [-0.1, -0.05) is 80.2 Å². The molecule has 0 radical (unpaired) electrons. The number of hydrogen-bond acceptors (Lipinski definition) is 14. The van der Waals surface area contributed by atoms with Crippen molar-refractivity contribution in [1.82, 2.24) is 48.7 Å². The Balaban J connectivity index is 0.000000225. The average Bonchev–Trinajstić information content (AvgIpc) is 3.55. The van der Waals surface area contributed by atoms with Crippen molar-refractivity contribution in [1.29, 1.82) is 0 Å². The van der Waals surface area contributed by atoms with Gasteiger partial charge in [-0.25, -0.2) is 45.9 Å². The Morgan fingerprint density at radius 2 is 1.12 bits per heavy atom. The molecule has 1 fully saturated rings. The van der Waals surface area contributed by atoms with Crippen molar-refractivity contribution >= 4 is 74.9 Å². The summed E-state index contributed by atoms with van der Waals surface area (Å²) in [4.78, 5) is 73.1. The topological polar surface area (TPSA) is 231 Å². The molecule has 77 heavy (non-hydrogen) atoms. The van der Waals surface area contributed by atoms with Crippen LogP contribution in [0.3, 0.4) is 0 Å². The molecular formula is C47H50BBrCl4F4N10O10. The molecule has 1 aliphatic heterocycles. The van der Waals surface area contributed by atoms with E-state index in [1.807, 2.05) is 60.4 Å². The third-order valence-electron chi connectivity index (χ3n) is 11.5. The number of H-pyrrole nitrogens is 1. The van der Waals surface area contributed by atoms with Crippen molar-refractivity contribution < 1.29 is 36.3 Å². The molecule has 0 bridgehead atoms. The van der Waals surface area contributed by atoms with Crippen LogP contribution < -0.4 is 48.6 Å². The van der Waals surface area contributed by atoms with Gasteiger partial charge in [0, 0.05) is 49.5 Å². The second kappa shape index (κ2) is 25.3. The minimum absolute atomic E-state index is 0.00438. The van der Waals surface area contributed by atoms with Gasteiger partial charge < -0.3 is 18.8 Å². The number of halogens is 9. The van der Waals surface area contributed by atoms with Gasteiger partial charge in [-0.05, 0) is 85.2 Å². The highest BCUT2D eigenvalue weighted by molar-refractivity contribution is 9.10. The summed E-state index contributed by atoms with van der Waals surface area (Å²) in [5.74, 6) is 0.492. The monoisotopic (exact) mass is 1220 g/mol. The van der Waals surface area contributed by atoms with Crippen LogP contribution in [0.25, 0.3) is 11.3 Å². The average molecular weight is 1220 g/mol. The van der Waals surface area contributed by atoms with E-state index in [-0.39, 0.29) is 78.7 Å². The summed E-state index contributed by atoms with van der Waals surface area (Å²) in [6.07, 6.45) is -4.25. The number of alkyl halides is 4. The molecule has 1 aliphatic rings. The lowest BCUT2D eigenvalue weighted by atomic mass is 9.79. The molecule has 0 saturated carbocycles. The summed E-state index contributed by atoms with van der Waals surface area (Å²) >= 11 is 28.3. The zero-order chi connectivity index (χ0) is 57.8. The van der Waals surface area contributed by atoms with Gasteiger partial charge in [0.05, 0.1) is 31.3 Å². The Hall–Kier alpha value is -5.90. The molecular weight excluding hydrogens is 1170 g/mol. The molecule has 1 N–H and O–H groups in total. The summed E-state index contributed by atoms with van der Waals surface area (Å²) in [5, 5.41) is 15.8. The molecule has 6 aromatic rings. The normalized spacial score (nSPS) is 13.7. The lowest BCUT2D eigenvalue weighted by Gasteiger charge is -2.32. The van der Waals surface area contributed by atoms with Gasteiger partial charge in [0.1, 0.15) is 13.1 Å². The molecule has 7 rings (SSSR count). The number of nitrogens with zero attached hydrogens (tertiary/aromatic N) is 9. The number of aromatic amines is 1. The van der Waals surface area contributed by atoms with Crippen LogP contribution in [0.15, 0.2) is 82.4 Å². The maximum atomic E-state index is 12.7. The van der Waals surface area contributed by atoms with Crippen LogP contribution in [-0.4, -0.2) is 79.8 Å². The Labute approximate surface area is 464 Å². The predicted octanol–water partition coefficient (Wildman–Crippen LogP) is 8.10. The molecule has 0 aliphatic carbocycles. The van der Waals surface area contributed by atoms with E-state index in [0.29, 0.717) is 36.0 Å². The van der Waals surface area contributed by atoms with Crippen LogP contribution in [-0.2, 0) is 43.0 Å². The van der Waals surface area contributed by atoms with Crippen LogP contribution in [0.1, 0.15) is 78.4 Å². The second-order valence-corrected chi connectivity index (χ2v) is 20.8. The van der Waals surface area contributed by atoms with Crippen LogP contribution in [0.5, 0.6) is 23.3 Å². The Bertz CT molecular complexity index is 3510. The smallest absolute Gasteiger partial charge is 0.434 e. The number of ether oxygens (including phenoxy) is 2. The summed E-state index contributed by atoms with van der Waals surface area (Å²) in [6.45, 7) is 16.9. The first kappa shape index (κ1) is 62.0. The largest absolute Gasteiger partial charge is 0.494 e. The molecule has 20 nitrogen and oxygen atoms in total. The van der Waals surface area contributed by atoms with Crippen molar-refractivity contribution in [3.05, 3.63) is 147 Å². The molecule has 414 valence electrons. The number of aromatic nitrogens is 10. The maximum Gasteiger partial charge on any atom is 0.494 e. The summed E-state index contributed by atoms with van der Waals surface area (Å²) in [6, 6.07) is 9.06. The van der Waals surface area contributed by atoms with Gasteiger partial charge in [0.2, 0.25) is 11.8 Å². The lowest BCUT2D eigenvalue weighted by Crippen LogP contribution is -2.42. The number of allylic oxidation sites excluding steroid dienone is 1. The highest BCUT2D eigenvalue weighted by Crippen LogP contribution is 2.41. The fourth-order valence-corrected chi connectivity index (χ4v) is 8.43. The van der Waals surface area contributed by atoms with E-state index in [1.165, 1.54) is 36.0 Å². The van der Waals surface area contributed by atoms with Crippen molar-refractivity contribution in [2.45, 2.75) is 111 Å². The SMILES string of the molecule is C=CCn1c(=O)c(Br)nn(CC(F)F)c1=O.CC(C)c1cc(Oc2c(Cl)cc(-c3nn(CC(F)F)c(=O)[nH]c3=O)cc2Cl)nn(C)c1=O.CC(C)c1cc(Oc2c(Cl)cc(B3OC(C)(C)C(C)(C)O3)cc2Cl)nn(C)c1=O. The van der Waals surface area contributed by atoms with Crippen molar-refractivity contribution in [2.24, 2.45) is 14.1 Å². The minimum Gasteiger partial charge on any atom is -0.434 e. The van der Waals surface area contributed by atoms with Crippen LogP contribution in [0.4, 0.5) is 17.6 Å². The Morgan fingerprint density at radius 3 is 1.53 bits per heavy atom. The quantitative estimate of drug-likeness (QED) is 0.0617. The van der Waals surface area contributed by atoms with E-state index < -0.39 is 66.8 Å². The van der Waals surface area contributed by atoms with Gasteiger partial charge in [-0.15, -0.1) is 16.8 Å². The zero-order valence-electron chi connectivity index (χ0n) is 42.8. The summed E-state index contributed by atoms with van der Waals surface area (Å²) in [5.41, 5.74) is -3.40. The summed E-state index contributed by atoms with van der Waals surface area (Å²) in [7, 11) is 2.46. The van der Waals surface area contributed by atoms with E-state index in [0.717, 1.165) is 9.25 Å². The molecule has 5 heterocycles. The molecule has 1 saturated heterocycles. The number of aryl methyl sites for hydroxylation is 2. The lowest BCUT2D eigenvalue weighted by molar-refractivity contribution is 0.00578. The highest BCUT2D eigenvalue weighted by Gasteiger charge is 2.52. The summed E-state index contributed by atoms with van der Waals surface area (Å²) < 4.78 is 77.2. The molecule has 2 aromatic carbocycles. The first-order valence-electron chi connectivity index (χ1n) is 22.9. The second-order valence-electron chi connectivity index (χ2n) is 18.4. The Morgan fingerprint density at radius 1 is 0.688 bits per heavy atom. The van der Waals surface area contributed by atoms with Crippen LogP contribution in [0, 0.1) is 0 Å². The maximum absolute atomic E-state index is 12.7. The molecule has 0 unspecified atom stereocenters. The van der Waals surface area contributed by atoms with Gasteiger partial charge in [-0.2, -0.15) is 10.2 Å². The van der Waals surface area contributed by atoms with E-state index >= 15 is 0 Å². The first-order valence-corrected chi connectivity index (χ1v) is 25.2. The third-order valence-corrected chi connectivity index (χ3v) is 13.1. The van der Waals surface area contributed by atoms with Crippen molar-refractivity contribution in [2.75, 3.05) is 0 Å². The van der Waals surface area contributed by atoms with E-state index in [9.17, 15) is 46.3 Å². The fourth-order valence-electron chi connectivity index (χ4n) is 6.87. The van der Waals surface area contributed by atoms with Crippen LogP contribution in [0.2, 0.25) is 20.1 Å². The minimum atomic E-state index is -2.85. The van der Waals surface area contributed by atoms with Gasteiger partial charge >= 0.3 is 18.5 Å². The van der Waals surface area contributed by atoms with E-state index in [1.54, 1.807) is 25.2 Å². The van der Waals surface area contributed by atoms with Gasteiger partial charge in [0.25, 0.3) is 35.1 Å². The zero-order valence-corrected chi connectivity index (χ0v) is 47.4. The molecule has 4 aromatic heterocycles. The first-order chi connectivity index (χ1) is 35.8. The third kappa shape index (κ3) is 14.8. The number of rotatable bonds is 14. The number of benzene rings is 2. The Kier molecular flexibility index (Phi) is 20.3. The van der Waals surface area contributed by atoms with E-state index in [4.69, 9.17) is 65.2 Å². The molecule has 30 heteroatoms. The number of nitrogens with one attached hydrogen (secondary N) is 1. The standard InChI is InChI=1S/C20H25BCl2N2O4.C19H17Cl2F2N5O4.C8H8BrF2N3O2/c1-11(2)13-10-16(24-25(7)18(13)26)27-17-14(22)8-12(9-15(17)23)21-28-19(3,4)20(5,6)29-21;1-8(2)10-6-14(25-27(3)18(10)30)32-16-11(20)4-9(5-12(16)21)15-17(29)24-19(31)28(26-15)7-13(22)23;1-2-3-13-7(15)6(9)12-14(8(13)16)4-5(10)11/h8-11H,1-7H3;4-6,8,13H,7H2,1-3H3,(H,24,29,31);2,5H,1,3-4H2. The number of hydrogen-bond donors (Lipinski definition) is 1. The fraction of sp³-hybridized carbons (Fsp3) is 0.404. The van der Waals surface area contributed by atoms with E-state index in [2.05, 4.69) is 42.9 Å². The molecule has 0 spiro atoms. The molecule has 0 amide bonds. The highest BCUT2D eigenvalue weighted by atomic mass is 79.9. The van der Waals surface area contributed by atoms with Crippen molar-refractivity contribution in [3.8, 4) is 34.5 Å². The van der Waals surface area contributed by atoms with Gasteiger partial charge in [-0.3, -0.25) is 28.7 Å². The van der Waals surface area contributed by atoms with Crippen LogP contribution >= 0.6 is 62.3 Å².